The van der Waals surface area contributed by atoms with Crippen LogP contribution in [0.5, 0.6) is 0 Å². The number of methoxy groups -OCH3 is 1. The molecular weight excluding hydrogens is 339 g/mol. The van der Waals surface area contributed by atoms with Crippen molar-refractivity contribution in [3.63, 3.8) is 0 Å². The van der Waals surface area contributed by atoms with Gasteiger partial charge in [-0.3, -0.25) is 4.68 Å². The fourth-order valence-electron chi connectivity index (χ4n) is 1.82. The van der Waals surface area contributed by atoms with Crippen LogP contribution in [0.2, 0.25) is 0 Å². The van der Waals surface area contributed by atoms with E-state index in [-0.39, 0.29) is 0 Å². The molecule has 0 N–H and O–H groups in total. The number of aromatic nitrogens is 2. The van der Waals surface area contributed by atoms with Gasteiger partial charge in [-0.05, 0) is 53.1 Å². The Balaban J connectivity index is 1.97. The quantitative estimate of drug-likeness (QED) is 0.584. The minimum atomic E-state index is 0.824. The summed E-state index contributed by atoms with van der Waals surface area (Å²) in [4.78, 5) is 0. The highest BCUT2D eigenvalue weighted by atomic mass is 127. The van der Waals surface area contributed by atoms with Crippen LogP contribution < -0.4 is 0 Å². The molecule has 3 nitrogen and oxygen atoms in total. The van der Waals surface area contributed by atoms with Crippen LogP contribution in [-0.2, 0) is 11.3 Å². The van der Waals surface area contributed by atoms with Gasteiger partial charge < -0.3 is 4.74 Å². The maximum absolute atomic E-state index is 5.04. The maximum Gasteiger partial charge on any atom is 0.0568 e. The summed E-state index contributed by atoms with van der Waals surface area (Å²) in [7, 11) is 1.74. The molecule has 0 amide bonds. The van der Waals surface area contributed by atoms with E-state index in [1.165, 1.54) is 14.7 Å². The third-order valence-corrected chi connectivity index (χ3v) is 3.45. The fourth-order valence-corrected chi connectivity index (χ4v) is 2.37. The van der Waals surface area contributed by atoms with E-state index in [0.29, 0.717) is 0 Å². The Morgan fingerprint density at radius 1 is 1.28 bits per heavy atom. The fraction of sp³-hybridized carbons (Fsp3) is 0.357. The number of unbranched alkanes of at least 4 members (excludes halogenated alkanes) is 1. The zero-order valence-corrected chi connectivity index (χ0v) is 12.6. The van der Waals surface area contributed by atoms with Gasteiger partial charge in [0.1, 0.15) is 0 Å². The van der Waals surface area contributed by atoms with Crippen LogP contribution in [0.1, 0.15) is 12.8 Å². The van der Waals surface area contributed by atoms with Crippen LogP contribution in [0, 0.1) is 3.57 Å². The van der Waals surface area contributed by atoms with Crippen LogP contribution in [0.15, 0.2) is 36.7 Å². The molecule has 0 spiro atoms. The van der Waals surface area contributed by atoms with Crippen molar-refractivity contribution in [3.05, 3.63) is 40.2 Å². The van der Waals surface area contributed by atoms with Gasteiger partial charge in [0.15, 0.2) is 0 Å². The molecule has 2 rings (SSSR count). The topological polar surface area (TPSA) is 27.1 Å². The van der Waals surface area contributed by atoms with Crippen LogP contribution in [0.3, 0.4) is 0 Å². The molecule has 0 radical (unpaired) electrons. The van der Waals surface area contributed by atoms with Crippen molar-refractivity contribution < 1.29 is 4.74 Å². The average molecular weight is 356 g/mol. The molecule has 0 aliphatic rings. The van der Waals surface area contributed by atoms with Crippen molar-refractivity contribution in [2.45, 2.75) is 19.4 Å². The molecule has 1 aromatic carbocycles. The van der Waals surface area contributed by atoms with Crippen molar-refractivity contribution in [2.24, 2.45) is 0 Å². The Hall–Kier alpha value is -0.880. The standard InChI is InChI=1S/C14H17IN2O/c1-18-8-3-2-7-17-11-13(10-16-17)12-5-4-6-14(15)9-12/h4-6,9-11H,2-3,7-8H2,1H3. The third-order valence-electron chi connectivity index (χ3n) is 2.78. The van der Waals surface area contributed by atoms with Gasteiger partial charge >= 0.3 is 0 Å². The normalized spacial score (nSPS) is 10.8. The first kappa shape index (κ1) is 13.5. The van der Waals surface area contributed by atoms with Gasteiger partial charge in [0.05, 0.1) is 6.20 Å². The summed E-state index contributed by atoms with van der Waals surface area (Å²) in [6, 6.07) is 8.47. The number of ether oxygens (including phenoxy) is 1. The van der Waals surface area contributed by atoms with Crippen molar-refractivity contribution in [3.8, 4) is 11.1 Å². The van der Waals surface area contributed by atoms with Crippen molar-refractivity contribution in [1.29, 1.82) is 0 Å². The molecule has 1 aromatic heterocycles. The second-order valence-corrected chi connectivity index (χ2v) is 5.45. The molecule has 18 heavy (non-hydrogen) atoms. The van der Waals surface area contributed by atoms with Gasteiger partial charge in [-0.1, -0.05) is 12.1 Å². The summed E-state index contributed by atoms with van der Waals surface area (Å²) < 4.78 is 8.29. The summed E-state index contributed by atoms with van der Waals surface area (Å²) in [5.74, 6) is 0. The monoisotopic (exact) mass is 356 g/mol. The number of hydrogen-bond acceptors (Lipinski definition) is 2. The zero-order chi connectivity index (χ0) is 12.8. The lowest BCUT2D eigenvalue weighted by Crippen LogP contribution is -1.99. The minimum absolute atomic E-state index is 0.824. The van der Waals surface area contributed by atoms with Gasteiger partial charge in [-0.15, -0.1) is 0 Å². The van der Waals surface area contributed by atoms with Gasteiger partial charge in [0, 0.05) is 35.6 Å². The number of benzene rings is 1. The van der Waals surface area contributed by atoms with Crippen LogP contribution >= 0.6 is 22.6 Å². The average Bonchev–Trinajstić information content (AvgIpc) is 2.83. The second kappa shape index (κ2) is 6.89. The first-order valence-electron chi connectivity index (χ1n) is 6.07. The minimum Gasteiger partial charge on any atom is -0.385 e. The van der Waals surface area contributed by atoms with Gasteiger partial charge in [0.25, 0.3) is 0 Å². The SMILES string of the molecule is COCCCCn1cc(-c2cccc(I)c2)cn1. The number of rotatable bonds is 6. The predicted molar refractivity (Wildman–Crippen MR) is 81.5 cm³/mol. The summed E-state index contributed by atoms with van der Waals surface area (Å²) in [6.45, 7) is 1.78. The lowest BCUT2D eigenvalue weighted by molar-refractivity contribution is 0.191. The number of aryl methyl sites for hydroxylation is 1. The lowest BCUT2D eigenvalue weighted by Gasteiger charge is -2.01. The van der Waals surface area contributed by atoms with E-state index in [2.05, 4.69) is 58.2 Å². The highest BCUT2D eigenvalue weighted by molar-refractivity contribution is 14.1. The van der Waals surface area contributed by atoms with Crippen molar-refractivity contribution >= 4 is 22.6 Å². The zero-order valence-electron chi connectivity index (χ0n) is 10.5. The molecule has 0 saturated carbocycles. The molecular formula is C14H17IN2O. The van der Waals surface area contributed by atoms with E-state index < -0.39 is 0 Å². The summed E-state index contributed by atoms with van der Waals surface area (Å²) >= 11 is 2.33. The predicted octanol–water partition coefficient (Wildman–Crippen LogP) is 3.58. The summed E-state index contributed by atoms with van der Waals surface area (Å²) in [5.41, 5.74) is 2.41. The van der Waals surface area contributed by atoms with Crippen LogP contribution in [-0.4, -0.2) is 23.5 Å². The Morgan fingerprint density at radius 3 is 2.94 bits per heavy atom. The van der Waals surface area contributed by atoms with Crippen LogP contribution in [0.4, 0.5) is 0 Å². The van der Waals surface area contributed by atoms with Crippen LogP contribution in [0.25, 0.3) is 11.1 Å². The van der Waals surface area contributed by atoms with E-state index in [1.807, 2.05) is 10.9 Å². The Bertz CT molecular complexity index is 496. The molecule has 4 heteroatoms. The maximum atomic E-state index is 5.04. The van der Waals surface area contributed by atoms with E-state index in [1.54, 1.807) is 7.11 Å². The molecule has 0 bridgehead atoms. The van der Waals surface area contributed by atoms with E-state index in [9.17, 15) is 0 Å². The van der Waals surface area contributed by atoms with Gasteiger partial charge in [-0.25, -0.2) is 0 Å². The molecule has 0 atom stereocenters. The molecule has 96 valence electrons. The lowest BCUT2D eigenvalue weighted by atomic mass is 10.1. The smallest absolute Gasteiger partial charge is 0.0568 e. The van der Waals surface area contributed by atoms with Crippen molar-refractivity contribution in [1.82, 2.24) is 9.78 Å². The number of hydrogen-bond donors (Lipinski definition) is 0. The van der Waals surface area contributed by atoms with E-state index in [4.69, 9.17) is 4.74 Å². The first-order valence-corrected chi connectivity index (χ1v) is 7.15. The molecule has 0 fully saturated rings. The molecule has 1 heterocycles. The van der Waals surface area contributed by atoms with E-state index >= 15 is 0 Å². The first-order chi connectivity index (χ1) is 8.79. The summed E-state index contributed by atoms with van der Waals surface area (Å²) in [6.07, 6.45) is 6.22. The Morgan fingerprint density at radius 2 is 2.17 bits per heavy atom. The number of halogens is 1. The molecule has 0 saturated heterocycles. The third kappa shape index (κ3) is 3.81. The van der Waals surface area contributed by atoms with E-state index in [0.717, 1.165) is 26.0 Å². The van der Waals surface area contributed by atoms with Gasteiger partial charge in [0.2, 0.25) is 0 Å². The summed E-state index contributed by atoms with van der Waals surface area (Å²) in [5, 5.41) is 4.39. The largest absolute Gasteiger partial charge is 0.385 e. The second-order valence-electron chi connectivity index (χ2n) is 4.20. The molecule has 0 aliphatic heterocycles. The highest BCUT2D eigenvalue weighted by Crippen LogP contribution is 2.20. The molecule has 2 aromatic rings. The highest BCUT2D eigenvalue weighted by Gasteiger charge is 2.02. The van der Waals surface area contributed by atoms with Crippen molar-refractivity contribution in [2.75, 3.05) is 13.7 Å². The number of nitrogens with zero attached hydrogens (tertiary/aromatic N) is 2. The Labute approximate surface area is 121 Å². The van der Waals surface area contributed by atoms with Gasteiger partial charge in [-0.2, -0.15) is 5.10 Å². The molecule has 0 aliphatic carbocycles. The molecule has 0 unspecified atom stereocenters. The Kier molecular flexibility index (Phi) is 5.19.